The Kier molecular flexibility index (Phi) is 4.39. The number of hydrogen-bond donors (Lipinski definition) is 2. The van der Waals surface area contributed by atoms with Crippen LogP contribution in [0.3, 0.4) is 0 Å². The summed E-state index contributed by atoms with van der Waals surface area (Å²) in [6, 6.07) is -0.0809. The third-order valence-electron chi connectivity index (χ3n) is 3.05. The monoisotopic (exact) mass is 199 g/mol. The molecule has 0 aromatic carbocycles. The topological polar surface area (TPSA) is 49.3 Å². The molecule has 3 nitrogen and oxygen atoms in total. The quantitative estimate of drug-likeness (QED) is 0.701. The van der Waals surface area contributed by atoms with Gasteiger partial charge in [0.15, 0.2) is 0 Å². The van der Waals surface area contributed by atoms with Crippen molar-refractivity contribution in [3.63, 3.8) is 0 Å². The zero-order chi connectivity index (χ0) is 10.6. The molecule has 0 bridgehead atoms. The number of carbonyl (C=O) groups excluding carboxylic acids is 1. The van der Waals surface area contributed by atoms with Gasteiger partial charge in [0.05, 0.1) is 12.6 Å². The van der Waals surface area contributed by atoms with Gasteiger partial charge in [0.2, 0.25) is 5.91 Å². The van der Waals surface area contributed by atoms with Gasteiger partial charge in [-0.25, -0.2) is 0 Å². The van der Waals surface area contributed by atoms with E-state index >= 15 is 0 Å². The van der Waals surface area contributed by atoms with Crippen molar-refractivity contribution >= 4 is 5.91 Å². The standard InChI is InChI=1S/C11H21NO2/c1-8(2)10(7-13)12-11(14)6-9-4-3-5-9/h8-10,13H,3-7H2,1-2H3,(H,12,14). The molecule has 1 saturated carbocycles. The summed E-state index contributed by atoms with van der Waals surface area (Å²) in [6.45, 7) is 4.04. The molecular weight excluding hydrogens is 178 g/mol. The highest BCUT2D eigenvalue weighted by Crippen LogP contribution is 2.29. The van der Waals surface area contributed by atoms with E-state index in [0.717, 1.165) is 0 Å². The van der Waals surface area contributed by atoms with Crippen LogP contribution in [0.1, 0.15) is 39.5 Å². The second-order valence-corrected chi connectivity index (χ2v) is 4.60. The number of hydrogen-bond acceptors (Lipinski definition) is 2. The van der Waals surface area contributed by atoms with E-state index in [9.17, 15) is 4.79 Å². The molecule has 1 fully saturated rings. The Labute approximate surface area is 85.9 Å². The second-order valence-electron chi connectivity index (χ2n) is 4.60. The van der Waals surface area contributed by atoms with Gasteiger partial charge in [0.1, 0.15) is 0 Å². The lowest BCUT2D eigenvalue weighted by Crippen LogP contribution is -2.42. The smallest absolute Gasteiger partial charge is 0.220 e. The van der Waals surface area contributed by atoms with Gasteiger partial charge in [-0.3, -0.25) is 4.79 Å². The summed E-state index contributed by atoms with van der Waals surface area (Å²) in [5.41, 5.74) is 0. The fourth-order valence-corrected chi connectivity index (χ4v) is 1.65. The molecule has 0 aromatic heterocycles. The largest absolute Gasteiger partial charge is 0.394 e. The number of amides is 1. The SMILES string of the molecule is CC(C)C(CO)NC(=O)CC1CCC1. The van der Waals surface area contributed by atoms with Crippen molar-refractivity contribution in [2.45, 2.75) is 45.6 Å². The molecule has 0 aliphatic heterocycles. The lowest BCUT2D eigenvalue weighted by atomic mass is 9.83. The molecule has 0 saturated heterocycles. The van der Waals surface area contributed by atoms with Gasteiger partial charge in [-0.1, -0.05) is 20.3 Å². The van der Waals surface area contributed by atoms with Crippen molar-refractivity contribution in [1.29, 1.82) is 0 Å². The van der Waals surface area contributed by atoms with Crippen molar-refractivity contribution in [3.8, 4) is 0 Å². The summed E-state index contributed by atoms with van der Waals surface area (Å²) in [5.74, 6) is 0.995. The van der Waals surface area contributed by atoms with Gasteiger partial charge in [0.25, 0.3) is 0 Å². The number of nitrogens with one attached hydrogen (secondary N) is 1. The Morgan fingerprint density at radius 1 is 1.50 bits per heavy atom. The van der Waals surface area contributed by atoms with E-state index in [0.29, 0.717) is 18.3 Å². The number of carbonyl (C=O) groups is 1. The van der Waals surface area contributed by atoms with Crippen LogP contribution in [0.15, 0.2) is 0 Å². The average molecular weight is 199 g/mol. The molecule has 1 amide bonds. The normalized spacial score (nSPS) is 19.1. The molecule has 1 atom stereocenters. The van der Waals surface area contributed by atoms with Crippen LogP contribution in [0.5, 0.6) is 0 Å². The van der Waals surface area contributed by atoms with Gasteiger partial charge in [-0.05, 0) is 24.7 Å². The van der Waals surface area contributed by atoms with Crippen LogP contribution < -0.4 is 5.32 Å². The highest BCUT2D eigenvalue weighted by atomic mass is 16.3. The highest BCUT2D eigenvalue weighted by Gasteiger charge is 2.22. The summed E-state index contributed by atoms with van der Waals surface area (Å²) in [4.78, 5) is 11.5. The lowest BCUT2D eigenvalue weighted by molar-refractivity contribution is -0.124. The minimum atomic E-state index is -0.0809. The van der Waals surface area contributed by atoms with E-state index in [1.54, 1.807) is 0 Å². The van der Waals surface area contributed by atoms with E-state index < -0.39 is 0 Å². The first-order valence-electron chi connectivity index (χ1n) is 5.53. The Morgan fingerprint density at radius 3 is 2.50 bits per heavy atom. The summed E-state index contributed by atoms with van der Waals surface area (Å²) in [6.07, 6.45) is 4.30. The van der Waals surface area contributed by atoms with Crippen LogP contribution in [0, 0.1) is 11.8 Å². The zero-order valence-electron chi connectivity index (χ0n) is 9.12. The predicted octanol–water partition coefficient (Wildman–Crippen LogP) is 1.31. The molecule has 2 N–H and O–H groups in total. The van der Waals surface area contributed by atoms with Gasteiger partial charge in [0, 0.05) is 6.42 Å². The lowest BCUT2D eigenvalue weighted by Gasteiger charge is -2.26. The number of aliphatic hydroxyl groups is 1. The maximum Gasteiger partial charge on any atom is 0.220 e. The summed E-state index contributed by atoms with van der Waals surface area (Å²) in [7, 11) is 0. The van der Waals surface area contributed by atoms with E-state index in [-0.39, 0.29) is 18.6 Å². The molecule has 14 heavy (non-hydrogen) atoms. The molecule has 3 heteroatoms. The Bertz CT molecular complexity index is 188. The van der Waals surface area contributed by atoms with Gasteiger partial charge >= 0.3 is 0 Å². The number of rotatable bonds is 5. The molecule has 0 heterocycles. The molecule has 82 valence electrons. The Morgan fingerprint density at radius 2 is 2.14 bits per heavy atom. The van der Waals surface area contributed by atoms with Gasteiger partial charge < -0.3 is 10.4 Å². The minimum Gasteiger partial charge on any atom is -0.394 e. The van der Waals surface area contributed by atoms with Crippen molar-refractivity contribution < 1.29 is 9.90 Å². The average Bonchev–Trinajstić information content (AvgIpc) is 2.07. The maximum absolute atomic E-state index is 11.5. The first-order chi connectivity index (χ1) is 6.63. The van der Waals surface area contributed by atoms with Crippen molar-refractivity contribution in [2.75, 3.05) is 6.61 Å². The molecule has 1 aliphatic rings. The first-order valence-corrected chi connectivity index (χ1v) is 5.53. The van der Waals surface area contributed by atoms with Gasteiger partial charge in [-0.15, -0.1) is 0 Å². The second kappa shape index (κ2) is 5.35. The van der Waals surface area contributed by atoms with Crippen LogP contribution in [0.4, 0.5) is 0 Å². The van der Waals surface area contributed by atoms with Crippen molar-refractivity contribution in [3.05, 3.63) is 0 Å². The van der Waals surface area contributed by atoms with Crippen LogP contribution in [-0.4, -0.2) is 23.7 Å². The molecule has 0 spiro atoms. The molecule has 0 radical (unpaired) electrons. The first kappa shape index (κ1) is 11.5. The third kappa shape index (κ3) is 3.29. The van der Waals surface area contributed by atoms with Crippen LogP contribution in [0.2, 0.25) is 0 Å². The summed E-state index contributed by atoms with van der Waals surface area (Å²) < 4.78 is 0. The molecule has 1 aliphatic carbocycles. The fraction of sp³-hybridized carbons (Fsp3) is 0.909. The predicted molar refractivity (Wildman–Crippen MR) is 55.8 cm³/mol. The minimum absolute atomic E-state index is 0.0358. The van der Waals surface area contributed by atoms with E-state index in [1.165, 1.54) is 19.3 Å². The Balaban J connectivity index is 2.23. The summed E-state index contributed by atoms with van der Waals surface area (Å²) in [5, 5.41) is 11.9. The third-order valence-corrected chi connectivity index (χ3v) is 3.05. The highest BCUT2D eigenvalue weighted by molar-refractivity contribution is 5.76. The summed E-state index contributed by atoms with van der Waals surface area (Å²) >= 11 is 0. The van der Waals surface area contributed by atoms with Crippen LogP contribution in [-0.2, 0) is 4.79 Å². The van der Waals surface area contributed by atoms with Crippen molar-refractivity contribution in [2.24, 2.45) is 11.8 Å². The molecular formula is C11H21NO2. The maximum atomic E-state index is 11.5. The molecule has 0 aromatic rings. The zero-order valence-corrected chi connectivity index (χ0v) is 9.12. The van der Waals surface area contributed by atoms with E-state index in [1.807, 2.05) is 13.8 Å². The van der Waals surface area contributed by atoms with E-state index in [2.05, 4.69) is 5.32 Å². The van der Waals surface area contributed by atoms with E-state index in [4.69, 9.17) is 5.11 Å². The molecule has 1 unspecified atom stereocenters. The number of aliphatic hydroxyl groups excluding tert-OH is 1. The van der Waals surface area contributed by atoms with Gasteiger partial charge in [-0.2, -0.15) is 0 Å². The molecule has 1 rings (SSSR count). The Hall–Kier alpha value is -0.570. The van der Waals surface area contributed by atoms with Crippen LogP contribution in [0.25, 0.3) is 0 Å². The fourth-order valence-electron chi connectivity index (χ4n) is 1.65. The van der Waals surface area contributed by atoms with Crippen molar-refractivity contribution in [1.82, 2.24) is 5.32 Å². The van der Waals surface area contributed by atoms with Crippen LogP contribution >= 0.6 is 0 Å².